The van der Waals surface area contributed by atoms with Crippen molar-refractivity contribution in [3.05, 3.63) is 51.7 Å². The van der Waals surface area contributed by atoms with Crippen LogP contribution in [-0.4, -0.2) is 11.5 Å². The van der Waals surface area contributed by atoms with E-state index in [0.29, 0.717) is 0 Å². The molecule has 96 valence electrons. The van der Waals surface area contributed by atoms with Crippen LogP contribution in [0.3, 0.4) is 0 Å². The lowest BCUT2D eigenvalue weighted by Gasteiger charge is -2.14. The average Bonchev–Trinajstić information content (AvgIpc) is 2.75. The number of thiazole rings is 1. The van der Waals surface area contributed by atoms with Gasteiger partial charge in [0.1, 0.15) is 5.82 Å². The number of rotatable bonds is 5. The topological polar surface area (TPSA) is 24.9 Å². The van der Waals surface area contributed by atoms with Gasteiger partial charge in [0, 0.05) is 17.5 Å². The number of aromatic nitrogens is 1. The SMILES string of the molecule is Cc1ncsc1CCN[C@@H](C)c1cccc(F)c1. The van der Waals surface area contributed by atoms with E-state index in [9.17, 15) is 4.39 Å². The molecular formula is C14H17FN2S. The maximum atomic E-state index is 13.1. The largest absolute Gasteiger partial charge is 0.310 e. The quantitative estimate of drug-likeness (QED) is 0.894. The van der Waals surface area contributed by atoms with Crippen molar-refractivity contribution in [2.75, 3.05) is 6.54 Å². The molecule has 18 heavy (non-hydrogen) atoms. The lowest BCUT2D eigenvalue weighted by molar-refractivity contribution is 0.568. The summed E-state index contributed by atoms with van der Waals surface area (Å²) in [6, 6.07) is 6.90. The van der Waals surface area contributed by atoms with Crippen LogP contribution in [0.1, 0.15) is 29.1 Å². The molecule has 2 rings (SSSR count). The van der Waals surface area contributed by atoms with Crippen molar-refractivity contribution in [1.29, 1.82) is 0 Å². The lowest BCUT2D eigenvalue weighted by Crippen LogP contribution is -2.21. The Balaban J connectivity index is 1.85. The smallest absolute Gasteiger partial charge is 0.123 e. The molecule has 4 heteroatoms. The highest BCUT2D eigenvalue weighted by molar-refractivity contribution is 7.09. The van der Waals surface area contributed by atoms with Crippen LogP contribution < -0.4 is 5.32 Å². The standard InChI is InChI=1S/C14H17FN2S/c1-10(12-4-3-5-13(15)8-12)16-7-6-14-11(2)17-9-18-14/h3-5,8-10,16H,6-7H2,1-2H3/t10-/m0/s1. The summed E-state index contributed by atoms with van der Waals surface area (Å²) in [4.78, 5) is 5.54. The summed E-state index contributed by atoms with van der Waals surface area (Å²) >= 11 is 1.69. The molecule has 0 amide bonds. The molecule has 0 radical (unpaired) electrons. The van der Waals surface area contributed by atoms with Gasteiger partial charge >= 0.3 is 0 Å². The van der Waals surface area contributed by atoms with E-state index >= 15 is 0 Å². The van der Waals surface area contributed by atoms with E-state index in [1.165, 1.54) is 10.9 Å². The summed E-state index contributed by atoms with van der Waals surface area (Å²) in [6.07, 6.45) is 0.968. The van der Waals surface area contributed by atoms with E-state index < -0.39 is 0 Å². The highest BCUT2D eigenvalue weighted by Gasteiger charge is 2.06. The second kappa shape index (κ2) is 6.07. The summed E-state index contributed by atoms with van der Waals surface area (Å²) in [6.45, 7) is 4.96. The molecule has 1 atom stereocenters. The molecule has 0 bridgehead atoms. The van der Waals surface area contributed by atoms with Gasteiger partial charge in [-0.25, -0.2) is 9.37 Å². The van der Waals surface area contributed by atoms with Crippen LogP contribution in [-0.2, 0) is 6.42 Å². The van der Waals surface area contributed by atoms with E-state index in [1.54, 1.807) is 23.5 Å². The van der Waals surface area contributed by atoms with Crippen LogP contribution in [0.2, 0.25) is 0 Å². The van der Waals surface area contributed by atoms with Gasteiger partial charge in [-0.15, -0.1) is 11.3 Å². The molecule has 0 aliphatic carbocycles. The van der Waals surface area contributed by atoms with Crippen molar-refractivity contribution >= 4 is 11.3 Å². The molecule has 1 heterocycles. The van der Waals surface area contributed by atoms with E-state index in [0.717, 1.165) is 24.2 Å². The normalized spacial score (nSPS) is 12.6. The van der Waals surface area contributed by atoms with Gasteiger partial charge in [-0.2, -0.15) is 0 Å². The fraction of sp³-hybridized carbons (Fsp3) is 0.357. The van der Waals surface area contributed by atoms with Gasteiger partial charge in [-0.3, -0.25) is 0 Å². The minimum Gasteiger partial charge on any atom is -0.310 e. The molecule has 0 unspecified atom stereocenters. The first-order chi connectivity index (χ1) is 8.66. The van der Waals surface area contributed by atoms with E-state index in [-0.39, 0.29) is 11.9 Å². The number of benzene rings is 1. The van der Waals surface area contributed by atoms with E-state index in [2.05, 4.69) is 10.3 Å². The van der Waals surface area contributed by atoms with Crippen molar-refractivity contribution in [3.8, 4) is 0 Å². The first kappa shape index (κ1) is 13.2. The van der Waals surface area contributed by atoms with Crippen molar-refractivity contribution in [2.24, 2.45) is 0 Å². The molecule has 0 aliphatic heterocycles. The fourth-order valence-corrected chi connectivity index (χ4v) is 2.64. The minimum atomic E-state index is -0.181. The Morgan fingerprint density at radius 3 is 2.94 bits per heavy atom. The van der Waals surface area contributed by atoms with Gasteiger partial charge in [-0.05, 0) is 38.0 Å². The monoisotopic (exact) mass is 264 g/mol. The number of nitrogens with zero attached hydrogens (tertiary/aromatic N) is 1. The van der Waals surface area contributed by atoms with Gasteiger partial charge in [0.2, 0.25) is 0 Å². The molecule has 2 nitrogen and oxygen atoms in total. The molecule has 0 aliphatic rings. The van der Waals surface area contributed by atoms with E-state index in [1.807, 2.05) is 25.4 Å². The molecular weight excluding hydrogens is 247 g/mol. The zero-order valence-electron chi connectivity index (χ0n) is 10.6. The molecule has 0 saturated carbocycles. The first-order valence-corrected chi connectivity index (χ1v) is 6.92. The van der Waals surface area contributed by atoms with E-state index in [4.69, 9.17) is 0 Å². The lowest BCUT2D eigenvalue weighted by atomic mass is 10.1. The maximum absolute atomic E-state index is 13.1. The zero-order chi connectivity index (χ0) is 13.0. The predicted molar refractivity (Wildman–Crippen MR) is 73.4 cm³/mol. The Morgan fingerprint density at radius 2 is 2.28 bits per heavy atom. The van der Waals surface area contributed by atoms with Crippen LogP contribution in [0.4, 0.5) is 4.39 Å². The van der Waals surface area contributed by atoms with Gasteiger partial charge in [-0.1, -0.05) is 12.1 Å². The molecule has 1 N–H and O–H groups in total. The predicted octanol–water partition coefficient (Wildman–Crippen LogP) is 3.48. The number of hydrogen-bond donors (Lipinski definition) is 1. The van der Waals surface area contributed by atoms with Crippen molar-refractivity contribution in [3.63, 3.8) is 0 Å². The fourth-order valence-electron chi connectivity index (χ4n) is 1.86. The number of hydrogen-bond acceptors (Lipinski definition) is 3. The van der Waals surface area contributed by atoms with Crippen LogP contribution in [0.15, 0.2) is 29.8 Å². The first-order valence-electron chi connectivity index (χ1n) is 6.04. The summed E-state index contributed by atoms with van der Waals surface area (Å²) < 4.78 is 13.1. The van der Waals surface area contributed by atoms with Crippen molar-refractivity contribution in [2.45, 2.75) is 26.3 Å². The Bertz CT molecular complexity index is 510. The average molecular weight is 264 g/mol. The highest BCUT2D eigenvalue weighted by atomic mass is 32.1. The third-order valence-electron chi connectivity index (χ3n) is 3.00. The summed E-state index contributed by atoms with van der Waals surface area (Å²) in [5.41, 5.74) is 3.97. The number of aryl methyl sites for hydroxylation is 1. The number of halogens is 1. The third kappa shape index (κ3) is 3.37. The Hall–Kier alpha value is -1.26. The molecule has 2 aromatic rings. The maximum Gasteiger partial charge on any atom is 0.123 e. The van der Waals surface area contributed by atoms with Gasteiger partial charge in [0.05, 0.1) is 11.2 Å². The second-order valence-corrected chi connectivity index (χ2v) is 5.28. The minimum absolute atomic E-state index is 0.161. The summed E-state index contributed by atoms with van der Waals surface area (Å²) in [5, 5.41) is 3.40. The molecule has 1 aromatic carbocycles. The molecule has 0 spiro atoms. The van der Waals surface area contributed by atoms with Crippen molar-refractivity contribution < 1.29 is 4.39 Å². The number of nitrogens with one attached hydrogen (secondary N) is 1. The summed E-state index contributed by atoms with van der Waals surface area (Å²) in [7, 11) is 0. The Morgan fingerprint density at radius 1 is 1.44 bits per heavy atom. The zero-order valence-corrected chi connectivity index (χ0v) is 11.4. The Labute approximate surface area is 111 Å². The highest BCUT2D eigenvalue weighted by Crippen LogP contribution is 2.15. The molecule has 0 fully saturated rings. The van der Waals surface area contributed by atoms with Gasteiger partial charge < -0.3 is 5.32 Å². The molecule has 1 aromatic heterocycles. The van der Waals surface area contributed by atoms with Crippen LogP contribution in [0.25, 0.3) is 0 Å². The third-order valence-corrected chi connectivity index (χ3v) is 3.99. The van der Waals surface area contributed by atoms with Crippen LogP contribution in [0.5, 0.6) is 0 Å². The van der Waals surface area contributed by atoms with Crippen LogP contribution >= 0.6 is 11.3 Å². The van der Waals surface area contributed by atoms with Gasteiger partial charge in [0.15, 0.2) is 0 Å². The van der Waals surface area contributed by atoms with Crippen molar-refractivity contribution in [1.82, 2.24) is 10.3 Å². The van der Waals surface area contributed by atoms with Crippen LogP contribution in [0, 0.1) is 12.7 Å². The second-order valence-electron chi connectivity index (χ2n) is 4.34. The van der Waals surface area contributed by atoms with Gasteiger partial charge in [0.25, 0.3) is 0 Å². The summed E-state index contributed by atoms with van der Waals surface area (Å²) in [5.74, 6) is -0.181. The molecule has 0 saturated heterocycles. The Kier molecular flexibility index (Phi) is 4.44.